The summed E-state index contributed by atoms with van der Waals surface area (Å²) in [6, 6.07) is 31.0. The van der Waals surface area contributed by atoms with E-state index in [0.717, 1.165) is 35.6 Å². The lowest BCUT2D eigenvalue weighted by molar-refractivity contribution is 0.512. The lowest BCUT2D eigenvalue weighted by Gasteiger charge is -2.31. The van der Waals surface area contributed by atoms with Crippen molar-refractivity contribution in [3.05, 3.63) is 118 Å². The van der Waals surface area contributed by atoms with Gasteiger partial charge in [-0.15, -0.1) is 0 Å². The number of rotatable bonds is 8. The van der Waals surface area contributed by atoms with Crippen LogP contribution in [0.25, 0.3) is 0 Å². The second kappa shape index (κ2) is 10.4. The van der Waals surface area contributed by atoms with E-state index in [1.165, 1.54) is 33.4 Å². The predicted octanol–water partition coefficient (Wildman–Crippen LogP) is 9.51. The minimum atomic E-state index is -0.0350. The van der Waals surface area contributed by atoms with Crippen molar-refractivity contribution in [3.8, 4) is 0 Å². The van der Waals surface area contributed by atoms with Crippen molar-refractivity contribution in [1.29, 1.82) is 0 Å². The standard InChI is InChI=1S/C33H38N2/c1-7-20-33(6,27-10-16-29(17-11-27)34-31-14-8-23(2)25(4)21-31)28-12-18-30(19-13-28)35-32-15-9-24(3)26(5)22-32/h8-19,21-22,34-35H,7,20H2,1-6H3. The maximum Gasteiger partial charge on any atom is 0.0387 e. The van der Waals surface area contributed by atoms with Crippen LogP contribution >= 0.6 is 0 Å². The molecule has 0 aromatic heterocycles. The largest absolute Gasteiger partial charge is 0.356 e. The Bertz CT molecular complexity index is 1190. The molecule has 0 fully saturated rings. The highest BCUT2D eigenvalue weighted by atomic mass is 14.9. The van der Waals surface area contributed by atoms with Crippen LogP contribution in [0.4, 0.5) is 22.7 Å². The molecular formula is C33H38N2. The molecule has 2 heteroatoms. The molecule has 0 atom stereocenters. The first-order valence-electron chi connectivity index (χ1n) is 12.7. The summed E-state index contributed by atoms with van der Waals surface area (Å²) >= 11 is 0. The summed E-state index contributed by atoms with van der Waals surface area (Å²) in [5.74, 6) is 0. The topological polar surface area (TPSA) is 24.1 Å². The summed E-state index contributed by atoms with van der Waals surface area (Å²) in [5.41, 5.74) is 12.4. The van der Waals surface area contributed by atoms with Crippen LogP contribution in [0.3, 0.4) is 0 Å². The summed E-state index contributed by atoms with van der Waals surface area (Å²) in [6.07, 6.45) is 2.22. The number of aryl methyl sites for hydroxylation is 4. The zero-order chi connectivity index (χ0) is 25.0. The molecule has 0 saturated carbocycles. The molecule has 0 spiro atoms. The van der Waals surface area contributed by atoms with Gasteiger partial charge in [-0.2, -0.15) is 0 Å². The first-order valence-corrected chi connectivity index (χ1v) is 12.7. The lowest BCUT2D eigenvalue weighted by atomic mass is 9.73. The number of hydrogen-bond acceptors (Lipinski definition) is 2. The molecule has 4 aromatic rings. The highest BCUT2D eigenvalue weighted by molar-refractivity contribution is 5.63. The fourth-order valence-electron chi connectivity index (χ4n) is 4.77. The molecular weight excluding hydrogens is 424 g/mol. The van der Waals surface area contributed by atoms with E-state index in [1.54, 1.807) is 0 Å². The molecule has 180 valence electrons. The average molecular weight is 463 g/mol. The van der Waals surface area contributed by atoms with Crippen LogP contribution in [-0.4, -0.2) is 0 Å². The van der Waals surface area contributed by atoms with E-state index < -0.39 is 0 Å². The minimum Gasteiger partial charge on any atom is -0.356 e. The Balaban J connectivity index is 1.54. The van der Waals surface area contributed by atoms with Crippen molar-refractivity contribution >= 4 is 22.7 Å². The molecule has 0 aliphatic rings. The van der Waals surface area contributed by atoms with Crippen LogP contribution in [0.2, 0.25) is 0 Å². The molecule has 2 N–H and O–H groups in total. The maximum atomic E-state index is 3.55. The molecule has 0 radical (unpaired) electrons. The van der Waals surface area contributed by atoms with Gasteiger partial charge in [-0.25, -0.2) is 0 Å². The molecule has 0 heterocycles. The van der Waals surface area contributed by atoms with Gasteiger partial charge in [-0.05, 0) is 116 Å². The Morgan fingerprint density at radius 3 is 1.23 bits per heavy atom. The number of anilines is 4. The minimum absolute atomic E-state index is 0.0350. The van der Waals surface area contributed by atoms with Crippen LogP contribution in [0, 0.1) is 27.7 Å². The highest BCUT2D eigenvalue weighted by Crippen LogP contribution is 2.38. The van der Waals surface area contributed by atoms with Gasteiger partial charge in [0.1, 0.15) is 0 Å². The second-order valence-electron chi connectivity index (χ2n) is 10.1. The number of nitrogens with one attached hydrogen (secondary N) is 2. The van der Waals surface area contributed by atoms with Gasteiger partial charge in [0, 0.05) is 28.2 Å². The molecule has 0 saturated heterocycles. The van der Waals surface area contributed by atoms with Gasteiger partial charge < -0.3 is 10.6 Å². The summed E-state index contributed by atoms with van der Waals surface area (Å²) in [5, 5.41) is 7.10. The molecule has 0 unspecified atom stereocenters. The normalized spacial score (nSPS) is 11.4. The molecule has 0 bridgehead atoms. The van der Waals surface area contributed by atoms with Gasteiger partial charge in [-0.3, -0.25) is 0 Å². The smallest absolute Gasteiger partial charge is 0.0387 e. The summed E-state index contributed by atoms with van der Waals surface area (Å²) in [7, 11) is 0. The fraction of sp³-hybridized carbons (Fsp3) is 0.273. The van der Waals surface area contributed by atoms with E-state index >= 15 is 0 Å². The first-order chi connectivity index (χ1) is 16.8. The van der Waals surface area contributed by atoms with Crippen molar-refractivity contribution in [2.24, 2.45) is 0 Å². The Hall–Kier alpha value is -3.52. The van der Waals surface area contributed by atoms with Crippen LogP contribution in [-0.2, 0) is 5.41 Å². The van der Waals surface area contributed by atoms with Gasteiger partial charge in [0.15, 0.2) is 0 Å². The molecule has 0 aliphatic carbocycles. The number of benzene rings is 4. The third kappa shape index (κ3) is 5.59. The van der Waals surface area contributed by atoms with Crippen molar-refractivity contribution in [2.45, 2.75) is 59.8 Å². The van der Waals surface area contributed by atoms with Gasteiger partial charge in [-0.1, -0.05) is 56.7 Å². The molecule has 4 rings (SSSR count). The molecule has 2 nitrogen and oxygen atoms in total. The van der Waals surface area contributed by atoms with Gasteiger partial charge in [0.2, 0.25) is 0 Å². The molecule has 4 aromatic carbocycles. The van der Waals surface area contributed by atoms with Gasteiger partial charge in [0.05, 0.1) is 0 Å². The second-order valence-corrected chi connectivity index (χ2v) is 10.1. The van der Waals surface area contributed by atoms with Crippen LogP contribution in [0.1, 0.15) is 60.1 Å². The highest BCUT2D eigenvalue weighted by Gasteiger charge is 2.28. The maximum absolute atomic E-state index is 3.55. The molecule has 0 amide bonds. The zero-order valence-corrected chi connectivity index (χ0v) is 22.0. The Kier molecular flexibility index (Phi) is 7.31. The van der Waals surface area contributed by atoms with Crippen molar-refractivity contribution < 1.29 is 0 Å². The van der Waals surface area contributed by atoms with E-state index in [4.69, 9.17) is 0 Å². The molecule has 0 aliphatic heterocycles. The van der Waals surface area contributed by atoms with Crippen LogP contribution in [0.5, 0.6) is 0 Å². The first kappa shape index (κ1) is 24.6. The third-order valence-electron chi connectivity index (χ3n) is 7.39. The molecule has 35 heavy (non-hydrogen) atoms. The Morgan fingerprint density at radius 2 is 0.886 bits per heavy atom. The zero-order valence-electron chi connectivity index (χ0n) is 22.0. The average Bonchev–Trinajstić information content (AvgIpc) is 2.85. The lowest BCUT2D eigenvalue weighted by Crippen LogP contribution is -2.23. The van der Waals surface area contributed by atoms with Crippen LogP contribution in [0.15, 0.2) is 84.9 Å². The van der Waals surface area contributed by atoms with E-state index in [1.807, 2.05) is 0 Å². The SMILES string of the molecule is CCCC(C)(c1ccc(Nc2ccc(C)c(C)c2)cc1)c1ccc(Nc2ccc(C)c(C)c2)cc1. The summed E-state index contributed by atoms with van der Waals surface area (Å²) in [4.78, 5) is 0. The van der Waals surface area contributed by atoms with E-state index in [9.17, 15) is 0 Å². The third-order valence-corrected chi connectivity index (χ3v) is 7.39. The Morgan fingerprint density at radius 1 is 0.514 bits per heavy atom. The fourth-order valence-corrected chi connectivity index (χ4v) is 4.77. The van der Waals surface area contributed by atoms with Gasteiger partial charge >= 0.3 is 0 Å². The summed E-state index contributed by atoms with van der Waals surface area (Å²) < 4.78 is 0. The number of hydrogen-bond donors (Lipinski definition) is 2. The van der Waals surface area contributed by atoms with E-state index in [-0.39, 0.29) is 5.41 Å². The van der Waals surface area contributed by atoms with E-state index in [2.05, 4.69) is 137 Å². The quantitative estimate of drug-likeness (QED) is 0.272. The van der Waals surface area contributed by atoms with E-state index in [0.29, 0.717) is 0 Å². The van der Waals surface area contributed by atoms with Crippen LogP contribution < -0.4 is 10.6 Å². The summed E-state index contributed by atoms with van der Waals surface area (Å²) in [6.45, 7) is 13.2. The van der Waals surface area contributed by atoms with Crippen molar-refractivity contribution in [1.82, 2.24) is 0 Å². The van der Waals surface area contributed by atoms with Crippen molar-refractivity contribution in [2.75, 3.05) is 10.6 Å². The predicted molar refractivity (Wildman–Crippen MR) is 153 cm³/mol. The monoisotopic (exact) mass is 462 g/mol. The van der Waals surface area contributed by atoms with Crippen molar-refractivity contribution in [3.63, 3.8) is 0 Å². The Labute approximate surface area is 211 Å². The van der Waals surface area contributed by atoms with Gasteiger partial charge in [0.25, 0.3) is 0 Å².